The first-order valence-corrected chi connectivity index (χ1v) is 8.12. The monoisotopic (exact) mass is 323 g/mol. The van der Waals surface area contributed by atoms with Crippen LogP contribution in [0.15, 0.2) is 48.5 Å². The number of amides is 2. The predicted octanol–water partition coefficient (Wildman–Crippen LogP) is 2.29. The summed E-state index contributed by atoms with van der Waals surface area (Å²) >= 11 is 0. The summed E-state index contributed by atoms with van der Waals surface area (Å²) in [6.07, 6.45) is 0. The number of aryl methyl sites for hydroxylation is 1. The Morgan fingerprint density at radius 2 is 1.79 bits per heavy atom. The molecule has 1 fully saturated rings. The van der Waals surface area contributed by atoms with E-state index in [0.29, 0.717) is 29.9 Å². The Bertz CT molecular complexity index is 752. The number of nitrogens with zero attached hydrogens (tertiary/aromatic N) is 1. The topological polar surface area (TPSA) is 61.4 Å². The number of benzene rings is 2. The van der Waals surface area contributed by atoms with Gasteiger partial charge in [0, 0.05) is 31.7 Å². The Kier molecular flexibility index (Phi) is 4.91. The van der Waals surface area contributed by atoms with Crippen molar-refractivity contribution in [2.75, 3.05) is 31.5 Å². The number of hydrogen-bond donors (Lipinski definition) is 2. The number of nitrogens with one attached hydrogen (secondary N) is 2. The summed E-state index contributed by atoms with van der Waals surface area (Å²) in [7, 11) is 0. The molecule has 5 heteroatoms. The van der Waals surface area contributed by atoms with Crippen LogP contribution in [0.25, 0.3) is 0 Å². The molecule has 1 aliphatic heterocycles. The fourth-order valence-corrected chi connectivity index (χ4v) is 2.80. The van der Waals surface area contributed by atoms with Crippen LogP contribution in [0.2, 0.25) is 0 Å². The number of carbonyl (C=O) groups is 2. The lowest BCUT2D eigenvalue weighted by molar-refractivity contribution is 0.0737. The second-order valence-electron chi connectivity index (χ2n) is 5.91. The van der Waals surface area contributed by atoms with Crippen molar-refractivity contribution in [1.82, 2.24) is 10.2 Å². The molecule has 1 saturated heterocycles. The van der Waals surface area contributed by atoms with Gasteiger partial charge in [-0.15, -0.1) is 0 Å². The van der Waals surface area contributed by atoms with Crippen LogP contribution < -0.4 is 10.6 Å². The third-order valence-electron chi connectivity index (χ3n) is 4.09. The highest BCUT2D eigenvalue weighted by Gasteiger charge is 2.21. The van der Waals surface area contributed by atoms with E-state index in [-0.39, 0.29) is 11.8 Å². The Morgan fingerprint density at radius 3 is 2.54 bits per heavy atom. The van der Waals surface area contributed by atoms with Gasteiger partial charge >= 0.3 is 0 Å². The summed E-state index contributed by atoms with van der Waals surface area (Å²) in [5.41, 5.74) is 2.68. The first-order chi connectivity index (χ1) is 11.6. The predicted molar refractivity (Wildman–Crippen MR) is 94.3 cm³/mol. The largest absolute Gasteiger partial charge is 0.336 e. The summed E-state index contributed by atoms with van der Waals surface area (Å²) in [4.78, 5) is 27.0. The zero-order valence-corrected chi connectivity index (χ0v) is 13.7. The van der Waals surface area contributed by atoms with Gasteiger partial charge in [0.1, 0.15) is 0 Å². The van der Waals surface area contributed by atoms with E-state index in [9.17, 15) is 9.59 Å². The second-order valence-corrected chi connectivity index (χ2v) is 5.91. The summed E-state index contributed by atoms with van der Waals surface area (Å²) in [6, 6.07) is 14.6. The minimum atomic E-state index is -0.209. The average Bonchev–Trinajstić information content (AvgIpc) is 2.62. The molecule has 3 rings (SSSR count). The lowest BCUT2D eigenvalue weighted by Crippen LogP contribution is -2.46. The number of anilines is 1. The molecule has 0 spiro atoms. The zero-order chi connectivity index (χ0) is 16.9. The van der Waals surface area contributed by atoms with Crippen molar-refractivity contribution in [3.8, 4) is 0 Å². The molecule has 0 bridgehead atoms. The molecule has 2 amide bonds. The van der Waals surface area contributed by atoms with E-state index in [4.69, 9.17) is 0 Å². The van der Waals surface area contributed by atoms with E-state index in [1.165, 1.54) is 0 Å². The normalized spacial score (nSPS) is 14.3. The quantitative estimate of drug-likeness (QED) is 0.911. The summed E-state index contributed by atoms with van der Waals surface area (Å²) in [6.45, 7) is 4.89. The van der Waals surface area contributed by atoms with Gasteiger partial charge in [-0.25, -0.2) is 0 Å². The van der Waals surface area contributed by atoms with Gasteiger partial charge in [-0.1, -0.05) is 29.8 Å². The second kappa shape index (κ2) is 7.27. The molecule has 0 unspecified atom stereocenters. The molecule has 5 nitrogen and oxygen atoms in total. The summed E-state index contributed by atoms with van der Waals surface area (Å²) in [5.74, 6) is -0.254. The molecule has 2 aromatic carbocycles. The molecule has 2 aromatic rings. The van der Waals surface area contributed by atoms with Crippen molar-refractivity contribution >= 4 is 17.5 Å². The van der Waals surface area contributed by atoms with Crippen LogP contribution in [0.3, 0.4) is 0 Å². The first kappa shape index (κ1) is 16.2. The molecule has 0 atom stereocenters. The van der Waals surface area contributed by atoms with E-state index in [2.05, 4.69) is 10.6 Å². The molecule has 2 N–H and O–H groups in total. The number of rotatable bonds is 3. The maximum Gasteiger partial charge on any atom is 0.256 e. The van der Waals surface area contributed by atoms with Crippen molar-refractivity contribution < 1.29 is 9.59 Å². The van der Waals surface area contributed by atoms with E-state index < -0.39 is 0 Å². The zero-order valence-electron chi connectivity index (χ0n) is 13.7. The van der Waals surface area contributed by atoms with Crippen LogP contribution in [-0.2, 0) is 0 Å². The minimum Gasteiger partial charge on any atom is -0.336 e. The molecule has 0 aromatic heterocycles. The maximum absolute atomic E-state index is 12.7. The number of carbonyl (C=O) groups excluding carboxylic acids is 2. The van der Waals surface area contributed by atoms with Gasteiger partial charge in [0.05, 0.1) is 11.3 Å². The van der Waals surface area contributed by atoms with Crippen molar-refractivity contribution in [3.63, 3.8) is 0 Å². The minimum absolute atomic E-state index is 0.0448. The van der Waals surface area contributed by atoms with Crippen LogP contribution in [0.1, 0.15) is 26.3 Å². The highest BCUT2D eigenvalue weighted by molar-refractivity contribution is 6.09. The van der Waals surface area contributed by atoms with Gasteiger partial charge in [-0.3, -0.25) is 9.59 Å². The third kappa shape index (κ3) is 3.63. The molecule has 124 valence electrons. The van der Waals surface area contributed by atoms with Crippen LogP contribution >= 0.6 is 0 Å². The van der Waals surface area contributed by atoms with Gasteiger partial charge < -0.3 is 15.5 Å². The van der Waals surface area contributed by atoms with Crippen LogP contribution in [0.4, 0.5) is 5.69 Å². The highest BCUT2D eigenvalue weighted by atomic mass is 16.2. The van der Waals surface area contributed by atoms with E-state index in [1.54, 1.807) is 18.2 Å². The van der Waals surface area contributed by atoms with Crippen molar-refractivity contribution in [2.24, 2.45) is 0 Å². The Hall–Kier alpha value is -2.66. The Balaban J connectivity index is 1.81. The Morgan fingerprint density at radius 1 is 1.04 bits per heavy atom. The van der Waals surface area contributed by atoms with Crippen LogP contribution in [0.5, 0.6) is 0 Å². The average molecular weight is 323 g/mol. The lowest BCUT2D eigenvalue weighted by atomic mass is 10.1. The van der Waals surface area contributed by atoms with Crippen LogP contribution in [-0.4, -0.2) is 42.9 Å². The summed E-state index contributed by atoms with van der Waals surface area (Å²) < 4.78 is 0. The molecular weight excluding hydrogens is 302 g/mol. The fourth-order valence-electron chi connectivity index (χ4n) is 2.80. The van der Waals surface area contributed by atoms with Gasteiger partial charge in [0.15, 0.2) is 0 Å². The molecule has 1 aliphatic rings. The third-order valence-corrected chi connectivity index (χ3v) is 4.09. The summed E-state index contributed by atoms with van der Waals surface area (Å²) in [5, 5.41) is 6.10. The lowest BCUT2D eigenvalue weighted by Gasteiger charge is -2.28. The standard InChI is InChI=1S/C19H21N3O2/c1-14-5-4-6-15(13-14)18(23)21-17-8-3-2-7-16(17)19(24)22-11-9-20-10-12-22/h2-8,13,20H,9-12H2,1H3,(H,21,23). The number of piperazine rings is 1. The highest BCUT2D eigenvalue weighted by Crippen LogP contribution is 2.19. The van der Waals surface area contributed by atoms with E-state index in [0.717, 1.165) is 18.7 Å². The molecular formula is C19H21N3O2. The fraction of sp³-hybridized carbons (Fsp3) is 0.263. The van der Waals surface area contributed by atoms with Gasteiger partial charge in [-0.2, -0.15) is 0 Å². The van der Waals surface area contributed by atoms with E-state index >= 15 is 0 Å². The Labute approximate surface area is 141 Å². The van der Waals surface area contributed by atoms with E-state index in [1.807, 2.05) is 42.2 Å². The van der Waals surface area contributed by atoms with Gasteiger partial charge in [0.2, 0.25) is 0 Å². The van der Waals surface area contributed by atoms with Gasteiger partial charge in [-0.05, 0) is 31.2 Å². The smallest absolute Gasteiger partial charge is 0.256 e. The maximum atomic E-state index is 12.7. The van der Waals surface area contributed by atoms with Crippen LogP contribution in [0, 0.1) is 6.92 Å². The number of hydrogen-bond acceptors (Lipinski definition) is 3. The molecule has 1 heterocycles. The molecule has 0 aliphatic carbocycles. The SMILES string of the molecule is Cc1cccc(C(=O)Nc2ccccc2C(=O)N2CCNCC2)c1. The van der Waals surface area contributed by atoms with Crippen molar-refractivity contribution in [2.45, 2.75) is 6.92 Å². The molecule has 0 saturated carbocycles. The van der Waals surface area contributed by atoms with Crippen molar-refractivity contribution in [1.29, 1.82) is 0 Å². The van der Waals surface area contributed by atoms with Gasteiger partial charge in [0.25, 0.3) is 11.8 Å². The number of para-hydroxylation sites is 1. The van der Waals surface area contributed by atoms with Crippen molar-refractivity contribution in [3.05, 3.63) is 65.2 Å². The first-order valence-electron chi connectivity index (χ1n) is 8.12. The molecule has 0 radical (unpaired) electrons. The molecule has 24 heavy (non-hydrogen) atoms.